The molecule has 0 spiro atoms. The van der Waals surface area contributed by atoms with Gasteiger partial charge in [0.2, 0.25) is 0 Å². The van der Waals surface area contributed by atoms with E-state index in [9.17, 15) is 4.79 Å². The summed E-state index contributed by atoms with van der Waals surface area (Å²) >= 11 is 0. The van der Waals surface area contributed by atoms with Crippen LogP contribution < -0.4 is 5.32 Å². The Morgan fingerprint density at radius 2 is 2.24 bits per heavy atom. The Morgan fingerprint density at radius 1 is 1.53 bits per heavy atom. The Morgan fingerprint density at radius 3 is 2.88 bits per heavy atom. The highest BCUT2D eigenvalue weighted by Crippen LogP contribution is 2.17. The van der Waals surface area contributed by atoms with Gasteiger partial charge < -0.3 is 5.32 Å². The Labute approximate surface area is 102 Å². The minimum absolute atomic E-state index is 0.0974. The maximum Gasteiger partial charge on any atom is 0.184 e. The van der Waals surface area contributed by atoms with E-state index in [0.717, 1.165) is 25.9 Å². The van der Waals surface area contributed by atoms with Gasteiger partial charge in [-0.15, -0.1) is 5.10 Å². The van der Waals surface area contributed by atoms with E-state index in [2.05, 4.69) is 15.6 Å². The third-order valence-corrected chi connectivity index (χ3v) is 3.07. The summed E-state index contributed by atoms with van der Waals surface area (Å²) in [7, 11) is 0. The van der Waals surface area contributed by atoms with Crippen LogP contribution >= 0.6 is 0 Å². The Hall–Kier alpha value is -1.23. The molecule has 1 aliphatic heterocycles. The van der Waals surface area contributed by atoms with Crippen LogP contribution in [0.15, 0.2) is 6.20 Å². The van der Waals surface area contributed by atoms with Gasteiger partial charge >= 0.3 is 0 Å². The summed E-state index contributed by atoms with van der Waals surface area (Å²) in [5.74, 6) is 0.465. The fraction of sp³-hybridized carbons (Fsp3) is 0.750. The van der Waals surface area contributed by atoms with Gasteiger partial charge in [0.25, 0.3) is 0 Å². The van der Waals surface area contributed by atoms with Crippen LogP contribution in [0.4, 0.5) is 0 Å². The molecule has 0 amide bonds. The molecule has 0 saturated carbocycles. The normalized spacial score (nSPS) is 17.6. The first kappa shape index (κ1) is 12.2. The lowest BCUT2D eigenvalue weighted by Gasteiger charge is -2.22. The van der Waals surface area contributed by atoms with Gasteiger partial charge in [0, 0.05) is 6.42 Å². The summed E-state index contributed by atoms with van der Waals surface area (Å²) in [5.41, 5.74) is 0.511. The van der Waals surface area contributed by atoms with Gasteiger partial charge in [0.15, 0.2) is 5.78 Å². The zero-order chi connectivity index (χ0) is 12.3. The van der Waals surface area contributed by atoms with Gasteiger partial charge in [0.1, 0.15) is 5.69 Å². The first-order chi connectivity index (χ1) is 8.16. The molecule has 2 rings (SSSR count). The Kier molecular flexibility index (Phi) is 3.89. The SMILES string of the molecule is CC(C)CC(=O)c1cn(C2CCNCC2)nn1. The number of ketones is 1. The monoisotopic (exact) mass is 236 g/mol. The molecule has 1 N–H and O–H groups in total. The summed E-state index contributed by atoms with van der Waals surface area (Å²) in [6, 6.07) is 0.393. The molecule has 0 bridgehead atoms. The standard InChI is InChI=1S/C12H20N4O/c1-9(2)7-12(17)11-8-16(15-14-11)10-3-5-13-6-4-10/h8-10,13H,3-7H2,1-2H3. The van der Waals surface area contributed by atoms with Crippen LogP contribution in [-0.4, -0.2) is 33.9 Å². The number of rotatable bonds is 4. The van der Waals surface area contributed by atoms with Crippen LogP contribution in [0.1, 0.15) is 49.6 Å². The number of carbonyl (C=O) groups excluding carboxylic acids is 1. The molecule has 5 nitrogen and oxygen atoms in total. The summed E-state index contributed by atoms with van der Waals surface area (Å²) in [6.07, 6.45) is 4.47. The average Bonchev–Trinajstić information content (AvgIpc) is 2.78. The van der Waals surface area contributed by atoms with Crippen molar-refractivity contribution < 1.29 is 4.79 Å². The molecule has 17 heavy (non-hydrogen) atoms. The first-order valence-electron chi connectivity index (χ1n) is 6.32. The molecule has 0 unspecified atom stereocenters. The maximum absolute atomic E-state index is 11.8. The van der Waals surface area contributed by atoms with E-state index in [4.69, 9.17) is 0 Å². The predicted octanol–water partition coefficient (Wildman–Crippen LogP) is 1.43. The van der Waals surface area contributed by atoms with E-state index < -0.39 is 0 Å². The van der Waals surface area contributed by atoms with Gasteiger partial charge in [-0.25, -0.2) is 4.68 Å². The highest BCUT2D eigenvalue weighted by atomic mass is 16.1. The van der Waals surface area contributed by atoms with Crippen molar-refractivity contribution in [3.05, 3.63) is 11.9 Å². The van der Waals surface area contributed by atoms with Crippen molar-refractivity contribution in [3.8, 4) is 0 Å². The topological polar surface area (TPSA) is 59.8 Å². The molecule has 94 valence electrons. The van der Waals surface area contributed by atoms with Gasteiger partial charge in [-0.2, -0.15) is 0 Å². The van der Waals surface area contributed by atoms with Crippen molar-refractivity contribution >= 4 is 5.78 Å². The van der Waals surface area contributed by atoms with Crippen molar-refractivity contribution in [3.63, 3.8) is 0 Å². The van der Waals surface area contributed by atoms with E-state index >= 15 is 0 Å². The predicted molar refractivity (Wildman–Crippen MR) is 64.9 cm³/mol. The van der Waals surface area contributed by atoms with E-state index in [1.807, 2.05) is 18.5 Å². The summed E-state index contributed by atoms with van der Waals surface area (Å²) in [4.78, 5) is 11.8. The van der Waals surface area contributed by atoms with Gasteiger partial charge in [-0.05, 0) is 31.8 Å². The summed E-state index contributed by atoms with van der Waals surface area (Å²) in [6.45, 7) is 6.10. The van der Waals surface area contributed by atoms with E-state index in [0.29, 0.717) is 24.1 Å². The smallest absolute Gasteiger partial charge is 0.184 e. The van der Waals surface area contributed by atoms with E-state index in [-0.39, 0.29) is 5.78 Å². The number of carbonyl (C=O) groups is 1. The van der Waals surface area contributed by atoms with Crippen molar-refractivity contribution in [2.45, 2.75) is 39.2 Å². The maximum atomic E-state index is 11.8. The lowest BCUT2D eigenvalue weighted by Crippen LogP contribution is -2.29. The van der Waals surface area contributed by atoms with Crippen LogP contribution in [0, 0.1) is 5.92 Å². The lowest BCUT2D eigenvalue weighted by atomic mass is 10.1. The summed E-state index contributed by atoms with van der Waals surface area (Å²) in [5, 5.41) is 11.4. The molecule has 0 atom stereocenters. The molecule has 1 saturated heterocycles. The average molecular weight is 236 g/mol. The second-order valence-electron chi connectivity index (χ2n) is 5.09. The second-order valence-corrected chi connectivity index (χ2v) is 5.09. The number of nitrogens with one attached hydrogen (secondary N) is 1. The van der Waals surface area contributed by atoms with Crippen LogP contribution in [0.25, 0.3) is 0 Å². The van der Waals surface area contributed by atoms with Crippen LogP contribution in [0.3, 0.4) is 0 Å². The number of nitrogens with zero attached hydrogens (tertiary/aromatic N) is 3. The minimum Gasteiger partial charge on any atom is -0.317 e. The van der Waals surface area contributed by atoms with Crippen molar-refractivity contribution in [1.82, 2.24) is 20.3 Å². The molecule has 0 aliphatic carbocycles. The molecular weight excluding hydrogens is 216 g/mol. The Balaban J connectivity index is 2.02. The molecule has 0 aromatic carbocycles. The third kappa shape index (κ3) is 3.12. The van der Waals surface area contributed by atoms with Crippen molar-refractivity contribution in [2.75, 3.05) is 13.1 Å². The zero-order valence-corrected chi connectivity index (χ0v) is 10.5. The number of hydrogen-bond donors (Lipinski definition) is 1. The fourth-order valence-corrected chi connectivity index (χ4v) is 2.13. The quantitative estimate of drug-likeness (QED) is 0.803. The van der Waals surface area contributed by atoms with E-state index in [1.165, 1.54) is 0 Å². The number of Topliss-reactive ketones (excluding diaryl/α,β-unsaturated/α-hetero) is 1. The highest BCUT2D eigenvalue weighted by molar-refractivity contribution is 5.93. The Bertz CT molecular complexity index is 380. The molecule has 1 aromatic rings. The molecule has 0 radical (unpaired) electrons. The van der Waals surface area contributed by atoms with Gasteiger partial charge in [-0.3, -0.25) is 4.79 Å². The van der Waals surface area contributed by atoms with E-state index in [1.54, 1.807) is 6.20 Å². The second kappa shape index (κ2) is 5.40. The fourth-order valence-electron chi connectivity index (χ4n) is 2.13. The molecular formula is C12H20N4O. The summed E-state index contributed by atoms with van der Waals surface area (Å²) < 4.78 is 1.86. The lowest BCUT2D eigenvalue weighted by molar-refractivity contribution is 0.0963. The largest absolute Gasteiger partial charge is 0.317 e. The van der Waals surface area contributed by atoms with Crippen LogP contribution in [0.2, 0.25) is 0 Å². The molecule has 1 aromatic heterocycles. The van der Waals surface area contributed by atoms with Crippen molar-refractivity contribution in [1.29, 1.82) is 0 Å². The van der Waals surface area contributed by atoms with Crippen LogP contribution in [0.5, 0.6) is 0 Å². The molecule has 1 aliphatic rings. The molecule has 2 heterocycles. The first-order valence-corrected chi connectivity index (χ1v) is 6.32. The minimum atomic E-state index is 0.0974. The third-order valence-electron chi connectivity index (χ3n) is 3.07. The highest BCUT2D eigenvalue weighted by Gasteiger charge is 2.18. The van der Waals surface area contributed by atoms with Crippen LogP contribution in [-0.2, 0) is 0 Å². The van der Waals surface area contributed by atoms with Crippen molar-refractivity contribution in [2.24, 2.45) is 5.92 Å². The number of piperidine rings is 1. The molecule has 1 fully saturated rings. The molecule has 5 heteroatoms. The van der Waals surface area contributed by atoms with Gasteiger partial charge in [0.05, 0.1) is 12.2 Å². The zero-order valence-electron chi connectivity index (χ0n) is 10.5. The van der Waals surface area contributed by atoms with Gasteiger partial charge in [-0.1, -0.05) is 19.1 Å². The number of hydrogen-bond acceptors (Lipinski definition) is 4. The number of aromatic nitrogens is 3.